The summed E-state index contributed by atoms with van der Waals surface area (Å²) in [6, 6.07) is 9.26. The van der Waals surface area contributed by atoms with E-state index in [0.29, 0.717) is 18.2 Å². The van der Waals surface area contributed by atoms with Crippen LogP contribution < -0.4 is 5.32 Å². The molecule has 1 aromatic rings. The second-order valence-corrected chi connectivity index (χ2v) is 5.90. The lowest BCUT2D eigenvalue weighted by atomic mass is 9.84. The Kier molecular flexibility index (Phi) is 4.19. The monoisotopic (exact) mass is 259 g/mol. The van der Waals surface area contributed by atoms with Crippen LogP contribution >= 0.6 is 0 Å². The third-order valence-electron chi connectivity index (χ3n) is 4.49. The Morgan fingerprint density at radius 1 is 1.21 bits per heavy atom. The summed E-state index contributed by atoms with van der Waals surface area (Å²) in [6.07, 6.45) is 8.27. The van der Waals surface area contributed by atoms with Crippen LogP contribution in [0.2, 0.25) is 0 Å². The molecule has 1 fully saturated rings. The average Bonchev–Trinajstić information content (AvgIpc) is 2.41. The Labute approximate surface area is 116 Å². The van der Waals surface area contributed by atoms with Gasteiger partial charge in [-0.3, -0.25) is 0 Å². The Morgan fingerprint density at radius 2 is 2.05 bits per heavy atom. The molecule has 1 saturated carbocycles. The van der Waals surface area contributed by atoms with Gasteiger partial charge in [0.15, 0.2) is 0 Å². The van der Waals surface area contributed by atoms with E-state index in [0.717, 1.165) is 19.4 Å². The second-order valence-electron chi connectivity index (χ2n) is 5.90. The molecule has 3 rings (SSSR count). The minimum absolute atomic E-state index is 0.367. The van der Waals surface area contributed by atoms with Gasteiger partial charge in [-0.05, 0) is 56.2 Å². The predicted octanol–water partition coefficient (Wildman–Crippen LogP) is 3.61. The van der Waals surface area contributed by atoms with E-state index in [2.05, 4.69) is 36.5 Å². The molecule has 0 aromatic heterocycles. The smallest absolute Gasteiger partial charge is 0.0776 e. The summed E-state index contributed by atoms with van der Waals surface area (Å²) in [5.41, 5.74) is 2.97. The van der Waals surface area contributed by atoms with Gasteiger partial charge in [0.05, 0.1) is 18.2 Å². The molecule has 0 heterocycles. The number of benzene rings is 1. The van der Waals surface area contributed by atoms with Gasteiger partial charge in [-0.1, -0.05) is 31.2 Å². The SMILES string of the molecule is CCCNC1c2ccccc2CCC1OC1CCC1. The number of aryl methyl sites for hydroxylation is 1. The fourth-order valence-corrected chi connectivity index (χ4v) is 3.17. The van der Waals surface area contributed by atoms with E-state index >= 15 is 0 Å². The third kappa shape index (κ3) is 2.85. The van der Waals surface area contributed by atoms with E-state index in [9.17, 15) is 0 Å². The summed E-state index contributed by atoms with van der Waals surface area (Å²) >= 11 is 0. The second kappa shape index (κ2) is 6.06. The quantitative estimate of drug-likeness (QED) is 0.872. The van der Waals surface area contributed by atoms with Crippen molar-refractivity contribution in [2.75, 3.05) is 6.54 Å². The van der Waals surface area contributed by atoms with E-state index in [4.69, 9.17) is 4.74 Å². The zero-order valence-electron chi connectivity index (χ0n) is 11.9. The van der Waals surface area contributed by atoms with E-state index in [1.165, 1.54) is 36.8 Å². The van der Waals surface area contributed by atoms with Crippen molar-refractivity contribution in [3.63, 3.8) is 0 Å². The van der Waals surface area contributed by atoms with Crippen molar-refractivity contribution in [3.05, 3.63) is 35.4 Å². The van der Waals surface area contributed by atoms with Gasteiger partial charge in [0.25, 0.3) is 0 Å². The van der Waals surface area contributed by atoms with E-state index in [1.54, 1.807) is 0 Å². The molecule has 0 radical (unpaired) electrons. The molecule has 2 heteroatoms. The molecule has 1 aromatic carbocycles. The Balaban J connectivity index is 1.76. The van der Waals surface area contributed by atoms with Gasteiger partial charge in [-0.15, -0.1) is 0 Å². The Morgan fingerprint density at radius 3 is 2.79 bits per heavy atom. The van der Waals surface area contributed by atoms with Crippen LogP contribution in [0.5, 0.6) is 0 Å². The van der Waals surface area contributed by atoms with Gasteiger partial charge in [-0.2, -0.15) is 0 Å². The number of nitrogens with one attached hydrogen (secondary N) is 1. The molecule has 19 heavy (non-hydrogen) atoms. The molecule has 2 atom stereocenters. The highest BCUT2D eigenvalue weighted by molar-refractivity contribution is 5.33. The van der Waals surface area contributed by atoms with Crippen LogP contribution in [0.3, 0.4) is 0 Å². The molecular weight excluding hydrogens is 234 g/mol. The molecular formula is C17H25NO. The maximum absolute atomic E-state index is 6.33. The third-order valence-corrected chi connectivity index (χ3v) is 4.49. The zero-order valence-corrected chi connectivity index (χ0v) is 11.9. The van der Waals surface area contributed by atoms with Gasteiger partial charge in [0, 0.05) is 0 Å². The summed E-state index contributed by atoms with van der Waals surface area (Å²) < 4.78 is 6.33. The van der Waals surface area contributed by atoms with Crippen molar-refractivity contribution in [2.24, 2.45) is 0 Å². The molecule has 1 N–H and O–H groups in total. The van der Waals surface area contributed by atoms with Crippen molar-refractivity contribution in [2.45, 2.75) is 63.7 Å². The highest BCUT2D eigenvalue weighted by Crippen LogP contribution is 2.35. The van der Waals surface area contributed by atoms with Crippen molar-refractivity contribution < 1.29 is 4.74 Å². The van der Waals surface area contributed by atoms with Gasteiger partial charge >= 0.3 is 0 Å². The summed E-state index contributed by atoms with van der Waals surface area (Å²) in [5, 5.41) is 3.71. The zero-order chi connectivity index (χ0) is 13.1. The number of hydrogen-bond acceptors (Lipinski definition) is 2. The van der Waals surface area contributed by atoms with E-state index < -0.39 is 0 Å². The highest BCUT2D eigenvalue weighted by Gasteiger charge is 2.32. The topological polar surface area (TPSA) is 21.3 Å². The van der Waals surface area contributed by atoms with Gasteiger partial charge in [0.2, 0.25) is 0 Å². The standard InChI is InChI=1S/C17H25NO/c1-2-12-18-17-15-9-4-3-6-13(15)10-11-16(17)19-14-7-5-8-14/h3-4,6,9,14,16-18H,2,5,7-8,10-12H2,1H3. The molecule has 0 amide bonds. The van der Waals surface area contributed by atoms with Crippen LogP contribution in [0.25, 0.3) is 0 Å². The lowest BCUT2D eigenvalue weighted by Gasteiger charge is -2.38. The molecule has 0 bridgehead atoms. The van der Waals surface area contributed by atoms with Gasteiger partial charge in [-0.25, -0.2) is 0 Å². The molecule has 2 nitrogen and oxygen atoms in total. The summed E-state index contributed by atoms with van der Waals surface area (Å²) in [4.78, 5) is 0. The lowest BCUT2D eigenvalue weighted by molar-refractivity contribution is -0.0726. The minimum Gasteiger partial charge on any atom is -0.373 e. The minimum atomic E-state index is 0.367. The Bertz CT molecular complexity index is 413. The number of rotatable bonds is 5. The largest absolute Gasteiger partial charge is 0.373 e. The number of ether oxygens (including phenoxy) is 1. The van der Waals surface area contributed by atoms with Crippen LogP contribution in [0.4, 0.5) is 0 Å². The molecule has 2 aliphatic carbocycles. The molecule has 2 aliphatic rings. The molecule has 0 spiro atoms. The molecule has 0 aliphatic heterocycles. The van der Waals surface area contributed by atoms with Gasteiger partial charge < -0.3 is 10.1 Å². The first kappa shape index (κ1) is 13.1. The van der Waals surface area contributed by atoms with Crippen LogP contribution in [0.15, 0.2) is 24.3 Å². The molecule has 104 valence electrons. The van der Waals surface area contributed by atoms with Crippen LogP contribution in [-0.2, 0) is 11.2 Å². The number of hydrogen-bond donors (Lipinski definition) is 1. The first-order valence-corrected chi connectivity index (χ1v) is 7.85. The summed E-state index contributed by atoms with van der Waals surface area (Å²) in [6.45, 7) is 3.30. The van der Waals surface area contributed by atoms with Crippen LogP contribution in [-0.4, -0.2) is 18.8 Å². The van der Waals surface area contributed by atoms with Crippen molar-refractivity contribution in [3.8, 4) is 0 Å². The van der Waals surface area contributed by atoms with Crippen molar-refractivity contribution in [1.82, 2.24) is 5.32 Å². The van der Waals surface area contributed by atoms with Crippen LogP contribution in [0.1, 0.15) is 56.2 Å². The normalized spacial score (nSPS) is 26.8. The Hall–Kier alpha value is -0.860. The highest BCUT2D eigenvalue weighted by atomic mass is 16.5. The fourth-order valence-electron chi connectivity index (χ4n) is 3.17. The molecule has 0 saturated heterocycles. The predicted molar refractivity (Wildman–Crippen MR) is 78.3 cm³/mol. The summed E-state index contributed by atoms with van der Waals surface area (Å²) in [5.74, 6) is 0. The fraction of sp³-hybridized carbons (Fsp3) is 0.647. The van der Waals surface area contributed by atoms with Gasteiger partial charge in [0.1, 0.15) is 0 Å². The summed E-state index contributed by atoms with van der Waals surface area (Å²) in [7, 11) is 0. The molecule has 2 unspecified atom stereocenters. The van der Waals surface area contributed by atoms with Crippen LogP contribution in [0, 0.1) is 0 Å². The first-order chi connectivity index (χ1) is 9.38. The van der Waals surface area contributed by atoms with Crippen molar-refractivity contribution in [1.29, 1.82) is 0 Å². The van der Waals surface area contributed by atoms with E-state index in [-0.39, 0.29) is 0 Å². The maximum atomic E-state index is 6.33. The van der Waals surface area contributed by atoms with E-state index in [1.807, 2.05) is 0 Å². The lowest BCUT2D eigenvalue weighted by Crippen LogP contribution is -2.41. The average molecular weight is 259 g/mol. The van der Waals surface area contributed by atoms with Crippen molar-refractivity contribution >= 4 is 0 Å². The first-order valence-electron chi connectivity index (χ1n) is 7.85. The maximum Gasteiger partial charge on any atom is 0.0776 e. The number of fused-ring (bicyclic) bond motifs is 1.